The molecule has 0 unspecified atom stereocenters. The van der Waals surface area contributed by atoms with Crippen LogP contribution in [0.25, 0.3) is 0 Å². The maximum Gasteiger partial charge on any atom is 0.192 e. The van der Waals surface area contributed by atoms with E-state index in [1.54, 1.807) is 7.11 Å². The van der Waals surface area contributed by atoms with Gasteiger partial charge < -0.3 is 23.7 Å². The number of fused-ring (bicyclic) bond motifs is 1. The Kier molecular flexibility index (Phi) is 4.88. The highest BCUT2D eigenvalue weighted by Gasteiger charge is 2.58. The number of ether oxygens (including phenoxy) is 3. The fraction of sp³-hybridized carbons (Fsp3) is 1.00. The molecular formula is C15H30O5Si. The predicted octanol–water partition coefficient (Wildman–Crippen LogP) is 2.14. The molecule has 2 fully saturated rings. The predicted molar refractivity (Wildman–Crippen MR) is 82.7 cm³/mol. The van der Waals surface area contributed by atoms with Crippen LogP contribution in [0.15, 0.2) is 0 Å². The minimum atomic E-state index is -1.92. The highest BCUT2D eigenvalue weighted by molar-refractivity contribution is 6.74. The van der Waals surface area contributed by atoms with Gasteiger partial charge in [0.25, 0.3) is 0 Å². The third-order valence-corrected chi connectivity index (χ3v) is 10.3. The average molecular weight is 318 g/mol. The zero-order valence-electron chi connectivity index (χ0n) is 14.3. The van der Waals surface area contributed by atoms with Gasteiger partial charge >= 0.3 is 0 Å². The van der Waals surface area contributed by atoms with Crippen molar-refractivity contribution in [3.05, 3.63) is 0 Å². The average Bonchev–Trinajstić information content (AvgIpc) is 3.18. The van der Waals surface area contributed by atoms with Crippen LogP contribution in [0.5, 0.6) is 0 Å². The fourth-order valence-electron chi connectivity index (χ4n) is 2.67. The fourth-order valence-corrected chi connectivity index (χ4v) is 5.01. The highest BCUT2D eigenvalue weighted by Crippen LogP contribution is 2.45. The van der Waals surface area contributed by atoms with E-state index < -0.39 is 20.7 Å². The van der Waals surface area contributed by atoms with Crippen LogP contribution < -0.4 is 0 Å². The van der Waals surface area contributed by atoms with Crippen LogP contribution in [0.1, 0.15) is 27.7 Å². The van der Waals surface area contributed by atoms with E-state index in [0.717, 1.165) is 0 Å². The van der Waals surface area contributed by atoms with Crippen molar-refractivity contribution >= 4 is 8.32 Å². The van der Waals surface area contributed by atoms with Gasteiger partial charge in [-0.1, -0.05) is 27.7 Å². The summed E-state index contributed by atoms with van der Waals surface area (Å²) in [5.74, 6) is 0.541. The van der Waals surface area contributed by atoms with Gasteiger partial charge in [0.15, 0.2) is 14.6 Å². The van der Waals surface area contributed by atoms with Gasteiger partial charge in [0.2, 0.25) is 0 Å². The lowest BCUT2D eigenvalue weighted by Gasteiger charge is -2.43. The van der Waals surface area contributed by atoms with Crippen LogP contribution in [0.2, 0.25) is 18.1 Å². The van der Waals surface area contributed by atoms with Gasteiger partial charge in [-0.3, -0.25) is 0 Å². The van der Waals surface area contributed by atoms with E-state index in [4.69, 9.17) is 18.6 Å². The molecule has 5 nitrogen and oxygen atoms in total. The molecule has 0 aliphatic carbocycles. The molecular weight excluding hydrogens is 288 g/mol. The van der Waals surface area contributed by atoms with Crippen molar-refractivity contribution < 1.29 is 23.7 Å². The topological polar surface area (TPSA) is 60.5 Å². The second-order valence-electron chi connectivity index (χ2n) is 7.53. The van der Waals surface area contributed by atoms with Crippen LogP contribution in [-0.4, -0.2) is 57.8 Å². The molecule has 0 bridgehead atoms. The molecule has 2 heterocycles. The lowest BCUT2D eigenvalue weighted by atomic mass is 9.99. The zero-order valence-corrected chi connectivity index (χ0v) is 15.3. The molecule has 0 radical (unpaired) electrons. The molecule has 2 saturated heterocycles. The van der Waals surface area contributed by atoms with Gasteiger partial charge in [-0.2, -0.15) is 0 Å². The van der Waals surface area contributed by atoms with Crippen molar-refractivity contribution in [3.63, 3.8) is 0 Å². The molecule has 1 N–H and O–H groups in total. The summed E-state index contributed by atoms with van der Waals surface area (Å²) < 4.78 is 22.7. The van der Waals surface area contributed by atoms with E-state index in [1.807, 2.05) is 0 Å². The molecule has 21 heavy (non-hydrogen) atoms. The molecule has 5 atom stereocenters. The van der Waals surface area contributed by atoms with E-state index in [-0.39, 0.29) is 23.4 Å². The van der Waals surface area contributed by atoms with Gasteiger partial charge in [-0.25, -0.2) is 0 Å². The Morgan fingerprint density at radius 1 is 1.19 bits per heavy atom. The van der Waals surface area contributed by atoms with Crippen LogP contribution in [0.4, 0.5) is 0 Å². The van der Waals surface area contributed by atoms with E-state index in [0.29, 0.717) is 12.5 Å². The zero-order chi connectivity index (χ0) is 16.0. The minimum Gasteiger partial charge on any atom is -0.414 e. The summed E-state index contributed by atoms with van der Waals surface area (Å²) in [5.41, 5.74) is 0. The molecule has 0 aromatic carbocycles. The maximum atomic E-state index is 10.2. The first-order valence-electron chi connectivity index (χ1n) is 7.77. The Balaban J connectivity index is 1.95. The van der Waals surface area contributed by atoms with E-state index in [1.165, 1.54) is 0 Å². The van der Waals surface area contributed by atoms with Gasteiger partial charge in [-0.05, 0) is 24.1 Å². The standard InChI is InChI=1S/C15H30O5Si/c1-9(2)15(3,4)21(6,7)18-8-10-11(16)12-13(20-12)14(17-5)19-10/h9-14,16H,8H2,1-7H3/t10-,11-,12+,13+,14+/m1/s1. The van der Waals surface area contributed by atoms with Crippen LogP contribution in [-0.2, 0) is 18.6 Å². The largest absolute Gasteiger partial charge is 0.414 e. The Morgan fingerprint density at radius 2 is 1.81 bits per heavy atom. The lowest BCUT2D eigenvalue weighted by molar-refractivity contribution is -0.206. The number of methoxy groups -OCH3 is 1. The second kappa shape index (κ2) is 5.90. The molecule has 6 heteroatoms. The van der Waals surface area contributed by atoms with Crippen molar-refractivity contribution in [1.82, 2.24) is 0 Å². The number of aliphatic hydroxyl groups is 1. The van der Waals surface area contributed by atoms with Crippen molar-refractivity contribution in [2.45, 2.75) is 76.5 Å². The lowest BCUT2D eigenvalue weighted by Crippen LogP contribution is -2.52. The van der Waals surface area contributed by atoms with Crippen molar-refractivity contribution in [3.8, 4) is 0 Å². The normalized spacial score (nSPS) is 36.7. The Morgan fingerprint density at radius 3 is 2.33 bits per heavy atom. The first-order chi connectivity index (χ1) is 9.61. The molecule has 0 saturated carbocycles. The van der Waals surface area contributed by atoms with Crippen LogP contribution in [0, 0.1) is 5.92 Å². The third-order valence-electron chi connectivity index (χ3n) is 5.69. The molecule has 0 aromatic heterocycles. The molecule has 2 aliphatic rings. The molecule has 124 valence electrons. The van der Waals surface area contributed by atoms with E-state index >= 15 is 0 Å². The van der Waals surface area contributed by atoms with Crippen molar-refractivity contribution in [2.24, 2.45) is 5.92 Å². The Hall–Kier alpha value is 0.0169. The SMILES string of the molecule is CO[C@H]1O[C@H](CO[Si](C)(C)C(C)(C)C(C)C)[C@@H](O)[C@@H]2O[C@H]12. The third kappa shape index (κ3) is 3.21. The molecule has 0 aromatic rings. The van der Waals surface area contributed by atoms with Crippen molar-refractivity contribution in [1.29, 1.82) is 0 Å². The van der Waals surface area contributed by atoms with Crippen LogP contribution in [0.3, 0.4) is 0 Å². The summed E-state index contributed by atoms with van der Waals surface area (Å²) in [6.45, 7) is 13.8. The van der Waals surface area contributed by atoms with Gasteiger partial charge in [0.05, 0.1) is 6.61 Å². The number of hydrogen-bond acceptors (Lipinski definition) is 5. The summed E-state index contributed by atoms with van der Waals surface area (Å²) in [7, 11) is -0.324. The molecule has 0 spiro atoms. The summed E-state index contributed by atoms with van der Waals surface area (Å²) in [6.07, 6.45) is -1.70. The monoisotopic (exact) mass is 318 g/mol. The molecule has 0 amide bonds. The summed E-state index contributed by atoms with van der Waals surface area (Å²) in [6, 6.07) is 0. The second-order valence-corrected chi connectivity index (χ2v) is 12.1. The quantitative estimate of drug-likeness (QED) is 0.600. The van der Waals surface area contributed by atoms with E-state index in [9.17, 15) is 5.11 Å². The van der Waals surface area contributed by atoms with Crippen LogP contribution >= 0.6 is 0 Å². The minimum absolute atomic E-state index is 0.126. The summed E-state index contributed by atoms with van der Waals surface area (Å²) >= 11 is 0. The van der Waals surface area contributed by atoms with Gasteiger partial charge in [-0.15, -0.1) is 0 Å². The Bertz CT molecular complexity index is 371. The number of rotatable bonds is 6. The number of aliphatic hydroxyl groups excluding tert-OH is 1. The molecule has 2 rings (SSSR count). The maximum absolute atomic E-state index is 10.2. The van der Waals surface area contributed by atoms with Gasteiger partial charge in [0, 0.05) is 7.11 Å². The summed E-state index contributed by atoms with van der Waals surface area (Å²) in [5, 5.41) is 10.4. The first kappa shape index (κ1) is 17.4. The van der Waals surface area contributed by atoms with E-state index in [2.05, 4.69) is 40.8 Å². The Labute approximate surface area is 129 Å². The molecule has 2 aliphatic heterocycles. The number of epoxide rings is 1. The summed E-state index contributed by atoms with van der Waals surface area (Å²) in [4.78, 5) is 0. The smallest absolute Gasteiger partial charge is 0.192 e. The number of hydrogen-bond donors (Lipinski definition) is 1. The van der Waals surface area contributed by atoms with Crippen molar-refractivity contribution in [2.75, 3.05) is 13.7 Å². The van der Waals surface area contributed by atoms with Gasteiger partial charge in [0.1, 0.15) is 24.4 Å². The highest BCUT2D eigenvalue weighted by atomic mass is 28.4. The first-order valence-corrected chi connectivity index (χ1v) is 10.7.